The number of fused-ring (bicyclic) bond motifs is 1. The van der Waals surface area contributed by atoms with Crippen LogP contribution in [-0.2, 0) is 4.74 Å². The van der Waals surface area contributed by atoms with Crippen molar-refractivity contribution in [3.63, 3.8) is 0 Å². The first-order chi connectivity index (χ1) is 10.4. The standard InChI is InChI=1S/C16H21IN2O3/c1-5-21-16(20)14-12(4)18-15-13(22-7-6-11(3)17)8-10(2)9-19(14)15/h8-9,11H,5-7H2,1-4H3. The van der Waals surface area contributed by atoms with Crippen LogP contribution in [-0.4, -0.2) is 32.5 Å². The molecule has 0 fully saturated rings. The molecule has 0 aromatic carbocycles. The monoisotopic (exact) mass is 416 g/mol. The molecule has 120 valence electrons. The summed E-state index contributed by atoms with van der Waals surface area (Å²) >= 11 is 2.38. The van der Waals surface area contributed by atoms with E-state index in [-0.39, 0.29) is 5.97 Å². The van der Waals surface area contributed by atoms with Gasteiger partial charge in [-0.1, -0.05) is 29.5 Å². The van der Waals surface area contributed by atoms with E-state index in [9.17, 15) is 4.79 Å². The first kappa shape index (κ1) is 17.1. The van der Waals surface area contributed by atoms with Gasteiger partial charge in [0, 0.05) is 10.1 Å². The van der Waals surface area contributed by atoms with Crippen molar-refractivity contribution in [1.29, 1.82) is 0 Å². The minimum absolute atomic E-state index is 0.341. The molecule has 5 nitrogen and oxygen atoms in total. The Hall–Kier alpha value is -1.31. The fourth-order valence-corrected chi connectivity index (χ4v) is 2.49. The third kappa shape index (κ3) is 3.71. The van der Waals surface area contributed by atoms with Crippen LogP contribution in [0.3, 0.4) is 0 Å². The van der Waals surface area contributed by atoms with E-state index in [2.05, 4.69) is 34.5 Å². The molecule has 0 aliphatic rings. The number of carbonyl (C=O) groups excluding carboxylic acids is 1. The molecule has 1 unspecified atom stereocenters. The van der Waals surface area contributed by atoms with Crippen LogP contribution in [0.25, 0.3) is 5.65 Å². The van der Waals surface area contributed by atoms with Crippen molar-refractivity contribution in [2.45, 2.75) is 38.0 Å². The lowest BCUT2D eigenvalue weighted by atomic mass is 10.3. The number of rotatable bonds is 6. The predicted molar refractivity (Wildman–Crippen MR) is 94.2 cm³/mol. The van der Waals surface area contributed by atoms with Crippen LogP contribution in [0.1, 0.15) is 42.0 Å². The molecule has 0 saturated carbocycles. The molecule has 0 N–H and O–H groups in total. The van der Waals surface area contributed by atoms with Crippen LogP contribution in [0.4, 0.5) is 0 Å². The number of halogens is 1. The maximum atomic E-state index is 12.1. The summed E-state index contributed by atoms with van der Waals surface area (Å²) in [6.07, 6.45) is 2.85. The summed E-state index contributed by atoms with van der Waals surface area (Å²) in [5, 5.41) is 0. The molecule has 2 rings (SSSR count). The van der Waals surface area contributed by atoms with E-state index in [0.29, 0.717) is 39.9 Å². The van der Waals surface area contributed by atoms with Gasteiger partial charge >= 0.3 is 5.97 Å². The molecule has 2 aromatic heterocycles. The summed E-state index contributed by atoms with van der Waals surface area (Å²) in [5.74, 6) is 0.348. The van der Waals surface area contributed by atoms with Gasteiger partial charge in [-0.2, -0.15) is 0 Å². The molecular formula is C16H21IN2O3. The first-order valence-corrected chi connectivity index (χ1v) is 8.61. The molecule has 0 aliphatic carbocycles. The van der Waals surface area contributed by atoms with E-state index in [4.69, 9.17) is 9.47 Å². The van der Waals surface area contributed by atoms with Gasteiger partial charge in [-0.05, 0) is 38.8 Å². The number of hydrogen-bond donors (Lipinski definition) is 0. The minimum Gasteiger partial charge on any atom is -0.490 e. The molecule has 0 aliphatic heterocycles. The van der Waals surface area contributed by atoms with Gasteiger partial charge in [-0.3, -0.25) is 4.40 Å². The Morgan fingerprint density at radius 3 is 2.82 bits per heavy atom. The number of hydrogen-bond acceptors (Lipinski definition) is 4. The summed E-state index contributed by atoms with van der Waals surface area (Å²) in [4.78, 5) is 16.6. The summed E-state index contributed by atoms with van der Waals surface area (Å²) in [7, 11) is 0. The zero-order valence-corrected chi connectivity index (χ0v) is 15.5. The van der Waals surface area contributed by atoms with Crippen LogP contribution in [0, 0.1) is 13.8 Å². The van der Waals surface area contributed by atoms with Gasteiger partial charge in [0.25, 0.3) is 0 Å². The predicted octanol–water partition coefficient (Wildman–Crippen LogP) is 3.72. The van der Waals surface area contributed by atoms with Gasteiger partial charge in [0.2, 0.25) is 0 Å². The van der Waals surface area contributed by atoms with Gasteiger partial charge in [0.1, 0.15) is 0 Å². The topological polar surface area (TPSA) is 52.8 Å². The minimum atomic E-state index is -0.357. The molecule has 2 aromatic rings. The molecule has 1 atom stereocenters. The van der Waals surface area contributed by atoms with E-state index >= 15 is 0 Å². The molecule has 2 heterocycles. The van der Waals surface area contributed by atoms with E-state index in [1.54, 1.807) is 11.3 Å². The quantitative estimate of drug-likeness (QED) is 0.409. The molecule has 0 saturated heterocycles. The number of ether oxygens (including phenoxy) is 2. The second-order valence-corrected chi connectivity index (χ2v) is 7.39. The van der Waals surface area contributed by atoms with E-state index < -0.39 is 0 Å². The molecule has 0 amide bonds. The maximum Gasteiger partial charge on any atom is 0.357 e. The molecule has 0 spiro atoms. The van der Waals surface area contributed by atoms with E-state index in [0.717, 1.165) is 12.0 Å². The van der Waals surface area contributed by atoms with Crippen molar-refractivity contribution in [2.24, 2.45) is 0 Å². The van der Waals surface area contributed by atoms with Gasteiger partial charge < -0.3 is 9.47 Å². The summed E-state index contributed by atoms with van der Waals surface area (Å²) in [6, 6.07) is 1.95. The maximum absolute atomic E-state index is 12.1. The van der Waals surface area contributed by atoms with Gasteiger partial charge in [0.05, 0.1) is 18.9 Å². The lowest BCUT2D eigenvalue weighted by molar-refractivity contribution is 0.0517. The van der Waals surface area contributed by atoms with Crippen LogP contribution in [0.2, 0.25) is 0 Å². The van der Waals surface area contributed by atoms with Crippen molar-refractivity contribution in [3.8, 4) is 5.75 Å². The van der Waals surface area contributed by atoms with Crippen molar-refractivity contribution >= 4 is 34.2 Å². The highest BCUT2D eigenvalue weighted by Gasteiger charge is 2.20. The molecule has 6 heteroatoms. The number of pyridine rings is 1. The Bertz CT molecular complexity index is 680. The van der Waals surface area contributed by atoms with Crippen LogP contribution in [0.5, 0.6) is 5.75 Å². The molecule has 22 heavy (non-hydrogen) atoms. The average Bonchev–Trinajstić information content (AvgIpc) is 2.74. The number of aromatic nitrogens is 2. The second-order valence-electron chi connectivity index (χ2n) is 5.26. The van der Waals surface area contributed by atoms with Gasteiger partial charge in [-0.25, -0.2) is 9.78 Å². The van der Waals surface area contributed by atoms with Crippen molar-refractivity contribution in [2.75, 3.05) is 13.2 Å². The second kappa shape index (κ2) is 7.30. The largest absolute Gasteiger partial charge is 0.490 e. The smallest absolute Gasteiger partial charge is 0.357 e. The van der Waals surface area contributed by atoms with Crippen LogP contribution >= 0.6 is 22.6 Å². The Labute approximate surface area is 144 Å². The lowest BCUT2D eigenvalue weighted by Gasteiger charge is -2.10. The Morgan fingerprint density at radius 1 is 1.45 bits per heavy atom. The van der Waals surface area contributed by atoms with Crippen LogP contribution < -0.4 is 4.74 Å². The summed E-state index contributed by atoms with van der Waals surface area (Å²) < 4.78 is 13.3. The zero-order valence-electron chi connectivity index (χ0n) is 13.4. The summed E-state index contributed by atoms with van der Waals surface area (Å²) in [6.45, 7) is 8.69. The fourth-order valence-electron chi connectivity index (χ4n) is 2.24. The van der Waals surface area contributed by atoms with Crippen LogP contribution in [0.15, 0.2) is 12.3 Å². The number of carbonyl (C=O) groups is 1. The number of imidazole rings is 1. The highest BCUT2D eigenvalue weighted by atomic mass is 127. The molecule has 0 bridgehead atoms. The Balaban J connectivity index is 2.42. The van der Waals surface area contributed by atoms with Crippen molar-refractivity contribution in [1.82, 2.24) is 9.38 Å². The highest BCUT2D eigenvalue weighted by Crippen LogP contribution is 2.25. The average molecular weight is 416 g/mol. The van der Waals surface area contributed by atoms with E-state index in [1.807, 2.05) is 26.1 Å². The third-order valence-corrected chi connectivity index (χ3v) is 3.86. The Morgan fingerprint density at radius 2 is 2.18 bits per heavy atom. The van der Waals surface area contributed by atoms with Crippen molar-refractivity contribution < 1.29 is 14.3 Å². The van der Waals surface area contributed by atoms with Crippen molar-refractivity contribution in [3.05, 3.63) is 29.2 Å². The molecular weight excluding hydrogens is 395 g/mol. The fraction of sp³-hybridized carbons (Fsp3) is 0.500. The molecule has 0 radical (unpaired) electrons. The first-order valence-electron chi connectivity index (χ1n) is 7.37. The Kier molecular flexibility index (Phi) is 5.66. The number of alkyl halides is 1. The SMILES string of the molecule is CCOC(=O)c1c(C)nc2c(OCCC(C)I)cc(C)cn12. The van der Waals surface area contributed by atoms with Gasteiger partial charge in [-0.15, -0.1) is 0 Å². The number of esters is 1. The number of aryl methyl sites for hydroxylation is 2. The highest BCUT2D eigenvalue weighted by molar-refractivity contribution is 14.1. The van der Waals surface area contributed by atoms with E-state index in [1.165, 1.54) is 0 Å². The lowest BCUT2D eigenvalue weighted by Crippen LogP contribution is -2.10. The third-order valence-electron chi connectivity index (χ3n) is 3.24. The van der Waals surface area contributed by atoms with Gasteiger partial charge in [0.15, 0.2) is 17.1 Å². The normalized spacial score (nSPS) is 12.4. The summed E-state index contributed by atoms with van der Waals surface area (Å²) in [5.41, 5.74) is 2.78. The number of nitrogens with zero attached hydrogens (tertiary/aromatic N) is 2. The zero-order chi connectivity index (χ0) is 16.3.